The molecule has 2 rings (SSSR count). The molecule has 2 atom stereocenters. The van der Waals surface area contributed by atoms with E-state index in [9.17, 15) is 0 Å². The van der Waals surface area contributed by atoms with E-state index in [-0.39, 0.29) is 0 Å². The van der Waals surface area contributed by atoms with E-state index >= 15 is 0 Å². The first-order valence-corrected chi connectivity index (χ1v) is 19.0. The van der Waals surface area contributed by atoms with Crippen molar-refractivity contribution in [3.8, 4) is 0 Å². The fourth-order valence-corrected chi connectivity index (χ4v) is 39.8. The molecule has 14 heavy (non-hydrogen) atoms. The van der Waals surface area contributed by atoms with Gasteiger partial charge in [0, 0.05) is 0 Å². The van der Waals surface area contributed by atoms with Crippen molar-refractivity contribution < 1.29 is 0 Å². The van der Waals surface area contributed by atoms with Crippen molar-refractivity contribution in [2.45, 2.75) is 28.9 Å². The van der Waals surface area contributed by atoms with E-state index in [0.29, 0.717) is 0 Å². The fourth-order valence-electron chi connectivity index (χ4n) is 0.978. The van der Waals surface area contributed by atoms with Crippen LogP contribution in [-0.2, 0) is 0 Å². The van der Waals surface area contributed by atoms with Crippen LogP contribution in [-0.4, -0.2) is 42.4 Å². The van der Waals surface area contributed by atoms with E-state index in [4.69, 9.17) is 0 Å². The average molecular weight is 393 g/mol. The van der Waals surface area contributed by atoms with Crippen LogP contribution in [0.25, 0.3) is 0 Å². The third-order valence-corrected chi connectivity index (χ3v) is 32.3. The molecule has 2 unspecified atom stereocenters. The first kappa shape index (κ1) is 13.0. The van der Waals surface area contributed by atoms with Crippen LogP contribution in [0.15, 0.2) is 0 Å². The first-order valence-electron chi connectivity index (χ1n) is 4.88. The molecule has 0 aliphatic carbocycles. The van der Waals surface area contributed by atoms with Crippen molar-refractivity contribution in [2.24, 2.45) is 0 Å². The maximum absolute atomic E-state index is 2.39. The van der Waals surface area contributed by atoms with Gasteiger partial charge >= 0.3 is 112 Å². The van der Waals surface area contributed by atoms with Crippen LogP contribution in [0.4, 0.5) is 0 Å². The van der Waals surface area contributed by atoms with Crippen LogP contribution < -0.4 is 0 Å². The summed E-state index contributed by atoms with van der Waals surface area (Å²) >= 11 is 3.36. The SMILES string of the molecule is CC[S][Sb]([S]C1CCS1)[S]C1CCS1. The second-order valence-electron chi connectivity index (χ2n) is 3.03. The van der Waals surface area contributed by atoms with Crippen molar-refractivity contribution in [1.29, 1.82) is 0 Å². The topological polar surface area (TPSA) is 0 Å². The normalized spacial score (nSPS) is 31.3. The molecule has 0 radical (unpaired) electrons. The van der Waals surface area contributed by atoms with E-state index in [1.807, 2.05) is 0 Å². The second-order valence-corrected chi connectivity index (χ2v) is 27.7. The summed E-state index contributed by atoms with van der Waals surface area (Å²) in [7, 11) is 7.10. The standard InChI is InChI=1S/2C3H6S2.C2H6S.Sb/c2*4-3-1-2-5-3;1-2-3;/h2*3-4H,1-2H2;3H,2H2,1H3;/q;;;+3/p-3. The molecular weight excluding hydrogens is 378 g/mol. The Morgan fingerprint density at radius 1 is 1.14 bits per heavy atom. The van der Waals surface area contributed by atoms with Gasteiger partial charge in [0.15, 0.2) is 0 Å². The molecule has 2 fully saturated rings. The second kappa shape index (κ2) is 7.10. The first-order chi connectivity index (χ1) is 6.88. The summed E-state index contributed by atoms with van der Waals surface area (Å²) in [4.78, 5) is 0. The van der Waals surface area contributed by atoms with Gasteiger partial charge < -0.3 is 0 Å². The molecule has 0 nitrogen and oxygen atoms in total. The zero-order chi connectivity index (χ0) is 9.80. The molecule has 2 heterocycles. The van der Waals surface area contributed by atoms with Crippen molar-refractivity contribution in [3.05, 3.63) is 0 Å². The molecular formula is C8H15S5Sb. The predicted molar refractivity (Wildman–Crippen MR) is 80.8 cm³/mol. The minimum absolute atomic E-state index is 0.995. The molecule has 2 aliphatic rings. The summed E-state index contributed by atoms with van der Waals surface area (Å²) in [5, 5.41) is 0. The van der Waals surface area contributed by atoms with Crippen LogP contribution in [0.2, 0.25) is 0 Å². The van der Waals surface area contributed by atoms with Crippen molar-refractivity contribution in [1.82, 2.24) is 0 Å². The Bertz CT molecular complexity index is 155. The van der Waals surface area contributed by atoms with Crippen molar-refractivity contribution in [2.75, 3.05) is 17.3 Å². The third kappa shape index (κ3) is 4.10. The van der Waals surface area contributed by atoms with Crippen LogP contribution >= 0.6 is 50.1 Å². The Morgan fingerprint density at radius 3 is 1.93 bits per heavy atom. The van der Waals surface area contributed by atoms with Gasteiger partial charge in [0.1, 0.15) is 0 Å². The molecule has 0 aromatic carbocycles. The van der Waals surface area contributed by atoms with E-state index in [1.165, 1.54) is 30.1 Å². The summed E-state index contributed by atoms with van der Waals surface area (Å²) < 4.78 is 1.99. The van der Waals surface area contributed by atoms with Crippen molar-refractivity contribution in [3.63, 3.8) is 0 Å². The van der Waals surface area contributed by atoms with E-state index < -0.39 is 16.0 Å². The molecule has 82 valence electrons. The summed E-state index contributed by atoms with van der Waals surface area (Å²) in [6.45, 7) is 2.32. The Balaban J connectivity index is 1.67. The monoisotopic (exact) mass is 392 g/mol. The quantitative estimate of drug-likeness (QED) is 0.621. The molecule has 0 spiro atoms. The van der Waals surface area contributed by atoms with Crippen LogP contribution in [0, 0.1) is 0 Å². The molecule has 0 N–H and O–H groups in total. The Kier molecular flexibility index (Phi) is 6.60. The van der Waals surface area contributed by atoms with Crippen LogP contribution in [0.5, 0.6) is 0 Å². The predicted octanol–water partition coefficient (Wildman–Crippen LogP) is 4.12. The van der Waals surface area contributed by atoms with Gasteiger partial charge in [-0.3, -0.25) is 0 Å². The van der Waals surface area contributed by atoms with E-state index in [2.05, 4.69) is 57.0 Å². The van der Waals surface area contributed by atoms with Gasteiger partial charge in [0.05, 0.1) is 0 Å². The molecule has 0 aromatic heterocycles. The number of hydrogen-bond donors (Lipinski definition) is 0. The summed E-state index contributed by atoms with van der Waals surface area (Å²) in [5.74, 6) is 4.19. The molecule has 6 heteroatoms. The molecule has 2 aliphatic heterocycles. The average Bonchev–Trinajstić information content (AvgIpc) is 2.03. The number of thioether (sulfide) groups is 2. The van der Waals surface area contributed by atoms with E-state index in [0.717, 1.165) is 9.16 Å². The Hall–Kier alpha value is 2.57. The van der Waals surface area contributed by atoms with Gasteiger partial charge in [-0.15, -0.1) is 0 Å². The van der Waals surface area contributed by atoms with Crippen molar-refractivity contribution >= 4 is 66.1 Å². The molecule has 0 amide bonds. The molecule has 0 saturated carbocycles. The summed E-state index contributed by atoms with van der Waals surface area (Å²) in [6.07, 6.45) is 2.97. The zero-order valence-electron chi connectivity index (χ0n) is 8.18. The van der Waals surface area contributed by atoms with Gasteiger partial charge in [-0.1, -0.05) is 0 Å². The number of rotatable bonds is 6. The third-order valence-electron chi connectivity index (χ3n) is 1.96. The van der Waals surface area contributed by atoms with E-state index in [1.54, 1.807) is 0 Å². The minimum atomic E-state index is -1.01. The number of hydrogen-bond acceptors (Lipinski definition) is 5. The maximum atomic E-state index is 2.39. The Labute approximate surface area is 111 Å². The van der Waals surface area contributed by atoms with Gasteiger partial charge in [-0.05, 0) is 0 Å². The van der Waals surface area contributed by atoms with Crippen LogP contribution in [0.1, 0.15) is 19.8 Å². The zero-order valence-corrected chi connectivity index (χ0v) is 14.8. The molecule has 0 aromatic rings. The molecule has 2 saturated heterocycles. The van der Waals surface area contributed by atoms with Gasteiger partial charge in [-0.2, -0.15) is 0 Å². The molecule has 0 bridgehead atoms. The van der Waals surface area contributed by atoms with Crippen LogP contribution in [0.3, 0.4) is 0 Å². The summed E-state index contributed by atoms with van der Waals surface area (Å²) in [5.41, 5.74) is 0. The fraction of sp³-hybridized carbons (Fsp3) is 1.00. The summed E-state index contributed by atoms with van der Waals surface area (Å²) in [6, 6.07) is 0. The van der Waals surface area contributed by atoms with Gasteiger partial charge in [0.25, 0.3) is 0 Å². The van der Waals surface area contributed by atoms with Gasteiger partial charge in [0.2, 0.25) is 0 Å². The Morgan fingerprint density at radius 2 is 1.64 bits per heavy atom. The van der Waals surface area contributed by atoms with Gasteiger partial charge in [-0.25, -0.2) is 0 Å².